The van der Waals surface area contributed by atoms with Gasteiger partial charge in [0.25, 0.3) is 0 Å². The van der Waals surface area contributed by atoms with E-state index >= 15 is 0 Å². The molecule has 0 spiro atoms. The minimum Gasteiger partial charge on any atom is -0.549 e. The molecule has 0 aromatic heterocycles. The van der Waals surface area contributed by atoms with E-state index in [9.17, 15) is 9.90 Å². The standard InChI is InChI=1S/C35H38O2Si.Li/c1-5-12-23(2)30-22-32(28-17-10-9-16-27(28)30)38(3,4)35(34(36)37)20-19-29-31(35)21-25-15-11-18-26(25)33(29)24-13-7-6-8-14-24;/h6-10,13-14,16-17,19-23,32H,5,11-12,15,18H2,1-4H3,(H,36,37);/q;+1/p-1. The third-order valence-corrected chi connectivity index (χ3v) is 14.5. The smallest absolute Gasteiger partial charge is 0.549 e. The largest absolute Gasteiger partial charge is 1.00 e. The average molecular weight is 525 g/mol. The van der Waals surface area contributed by atoms with E-state index in [4.69, 9.17) is 0 Å². The van der Waals surface area contributed by atoms with E-state index in [2.05, 4.69) is 93.7 Å². The van der Waals surface area contributed by atoms with Gasteiger partial charge in [0, 0.05) is 5.04 Å². The van der Waals surface area contributed by atoms with Crippen molar-refractivity contribution in [2.75, 3.05) is 0 Å². The summed E-state index contributed by atoms with van der Waals surface area (Å²) in [5, 5.41) is 12.4. The monoisotopic (exact) mass is 524 g/mol. The first-order valence-corrected chi connectivity index (χ1v) is 17.3. The molecule has 3 atom stereocenters. The van der Waals surface area contributed by atoms with Crippen molar-refractivity contribution in [3.63, 3.8) is 0 Å². The quantitative estimate of drug-likeness (QED) is 0.434. The molecule has 3 aromatic rings. The van der Waals surface area contributed by atoms with Gasteiger partial charge in [-0.3, -0.25) is 0 Å². The molecule has 0 heterocycles. The second kappa shape index (κ2) is 10.4. The number of carbonyl (C=O) groups excluding carboxylic acids is 1. The first-order valence-electron chi connectivity index (χ1n) is 14.3. The van der Waals surface area contributed by atoms with Crippen molar-refractivity contribution in [2.24, 2.45) is 5.92 Å². The predicted octanol–water partition coefficient (Wildman–Crippen LogP) is 4.26. The summed E-state index contributed by atoms with van der Waals surface area (Å²) >= 11 is 0. The second-order valence-corrected chi connectivity index (χ2v) is 17.0. The normalized spacial score (nSPS) is 21.5. The summed E-state index contributed by atoms with van der Waals surface area (Å²) in [4.78, 5) is 13.5. The van der Waals surface area contributed by atoms with Crippen LogP contribution in [0.5, 0.6) is 0 Å². The fraction of sp³-hybridized carbons (Fsp3) is 0.343. The molecule has 0 bridgehead atoms. The summed E-state index contributed by atoms with van der Waals surface area (Å²) in [7, 11) is -2.65. The van der Waals surface area contributed by atoms with E-state index in [1.54, 1.807) is 0 Å². The molecule has 4 heteroatoms. The Bertz CT molecular complexity index is 1490. The molecular weight excluding hydrogens is 487 g/mol. The van der Waals surface area contributed by atoms with Crippen LogP contribution in [0, 0.1) is 5.92 Å². The summed E-state index contributed by atoms with van der Waals surface area (Å²) in [5.74, 6) is -0.490. The van der Waals surface area contributed by atoms with E-state index in [0.717, 1.165) is 43.2 Å². The SMILES string of the molecule is CCCC(C)C1=CC([Si](C)(C)C2(C(=O)[O-])C=Cc3c2cc2c(c3-c3ccccc3)CCC2)c2ccccc21.[Li+]. The van der Waals surface area contributed by atoms with Crippen molar-refractivity contribution in [1.29, 1.82) is 0 Å². The van der Waals surface area contributed by atoms with Crippen molar-refractivity contribution >= 4 is 25.7 Å². The number of benzene rings is 3. The summed E-state index contributed by atoms with van der Waals surface area (Å²) < 4.78 is 0. The van der Waals surface area contributed by atoms with Crippen LogP contribution in [0.4, 0.5) is 0 Å². The van der Waals surface area contributed by atoms with Gasteiger partial charge in [0.05, 0.1) is 14.0 Å². The zero-order chi connectivity index (χ0) is 26.7. The molecule has 0 aliphatic heterocycles. The molecule has 3 aliphatic carbocycles. The van der Waals surface area contributed by atoms with Crippen LogP contribution >= 0.6 is 0 Å². The summed E-state index contributed by atoms with van der Waals surface area (Å²) in [6.45, 7) is 9.12. The number of hydrogen-bond donors (Lipinski definition) is 0. The predicted molar refractivity (Wildman–Crippen MR) is 158 cm³/mol. The molecule has 3 aromatic carbocycles. The molecule has 0 saturated heterocycles. The third kappa shape index (κ3) is 4.09. The zero-order valence-corrected chi connectivity index (χ0v) is 25.0. The number of aryl methyl sites for hydroxylation is 1. The summed E-state index contributed by atoms with van der Waals surface area (Å²) in [5.41, 5.74) is 11.3. The Morgan fingerprint density at radius 2 is 1.79 bits per heavy atom. The Morgan fingerprint density at radius 1 is 1.08 bits per heavy atom. The first-order chi connectivity index (χ1) is 18.3. The Kier molecular flexibility index (Phi) is 7.48. The Labute approximate surface area is 246 Å². The van der Waals surface area contributed by atoms with Gasteiger partial charge in [0.15, 0.2) is 0 Å². The topological polar surface area (TPSA) is 40.1 Å². The van der Waals surface area contributed by atoms with Gasteiger partial charge in [-0.2, -0.15) is 0 Å². The fourth-order valence-electron chi connectivity index (χ4n) is 7.75. The molecule has 0 fully saturated rings. The third-order valence-electron chi connectivity index (χ3n) is 9.75. The van der Waals surface area contributed by atoms with Gasteiger partial charge in [0.1, 0.15) is 0 Å². The van der Waals surface area contributed by atoms with Crippen LogP contribution < -0.4 is 24.0 Å². The number of hydrogen-bond acceptors (Lipinski definition) is 2. The first kappa shape index (κ1) is 28.0. The van der Waals surface area contributed by atoms with Crippen molar-refractivity contribution in [1.82, 2.24) is 0 Å². The minimum absolute atomic E-state index is 0. The van der Waals surface area contributed by atoms with Gasteiger partial charge in [0.2, 0.25) is 0 Å². The molecule has 3 unspecified atom stereocenters. The van der Waals surface area contributed by atoms with E-state index in [1.165, 1.54) is 39.0 Å². The van der Waals surface area contributed by atoms with Crippen LogP contribution in [0.15, 0.2) is 72.8 Å². The molecule has 0 radical (unpaired) electrons. The van der Waals surface area contributed by atoms with E-state index < -0.39 is 19.1 Å². The molecule has 194 valence electrons. The Morgan fingerprint density at radius 3 is 2.51 bits per heavy atom. The zero-order valence-electron chi connectivity index (χ0n) is 24.0. The Balaban J connectivity index is 0.00000308. The Hall–Kier alpha value is -2.58. The molecule has 2 nitrogen and oxygen atoms in total. The van der Waals surface area contributed by atoms with Gasteiger partial charge >= 0.3 is 18.9 Å². The van der Waals surface area contributed by atoms with Gasteiger partial charge in [-0.25, -0.2) is 0 Å². The van der Waals surface area contributed by atoms with Gasteiger partial charge < -0.3 is 9.90 Å². The maximum atomic E-state index is 13.5. The summed E-state index contributed by atoms with van der Waals surface area (Å²) in [6.07, 6.45) is 12.0. The molecule has 0 saturated carbocycles. The van der Waals surface area contributed by atoms with Gasteiger partial charge in [-0.15, -0.1) is 0 Å². The van der Waals surface area contributed by atoms with Crippen LogP contribution in [0.1, 0.15) is 72.0 Å². The van der Waals surface area contributed by atoms with Crippen molar-refractivity contribution in [2.45, 2.75) is 69.6 Å². The maximum absolute atomic E-state index is 13.5. The number of carbonyl (C=O) groups is 1. The van der Waals surface area contributed by atoms with Crippen LogP contribution in [-0.4, -0.2) is 14.0 Å². The second-order valence-electron chi connectivity index (χ2n) is 12.1. The van der Waals surface area contributed by atoms with Gasteiger partial charge in [-0.1, -0.05) is 112 Å². The van der Waals surface area contributed by atoms with Crippen LogP contribution in [0.3, 0.4) is 0 Å². The molecule has 39 heavy (non-hydrogen) atoms. The molecule has 6 rings (SSSR count). The minimum atomic E-state index is -2.65. The molecular formula is C35H37LiO2Si. The van der Waals surface area contributed by atoms with Crippen molar-refractivity contribution < 1.29 is 28.8 Å². The van der Waals surface area contributed by atoms with Gasteiger partial charge in [-0.05, 0) is 87.2 Å². The van der Waals surface area contributed by atoms with E-state index in [-0.39, 0.29) is 24.4 Å². The van der Waals surface area contributed by atoms with Crippen LogP contribution in [0.25, 0.3) is 22.8 Å². The van der Waals surface area contributed by atoms with E-state index in [1.807, 2.05) is 12.1 Å². The van der Waals surface area contributed by atoms with Crippen molar-refractivity contribution in [3.05, 3.63) is 106 Å². The van der Waals surface area contributed by atoms with Crippen LogP contribution in [-0.2, 0) is 22.7 Å². The number of carboxylic acids is 1. The number of aliphatic carboxylic acids is 1. The maximum Gasteiger partial charge on any atom is 1.00 e. The number of fused-ring (bicyclic) bond motifs is 3. The molecule has 3 aliphatic rings. The van der Waals surface area contributed by atoms with Crippen molar-refractivity contribution in [3.8, 4) is 11.1 Å². The number of carboxylic acid groups (broad SMARTS) is 1. The van der Waals surface area contributed by atoms with E-state index in [0.29, 0.717) is 5.92 Å². The average Bonchev–Trinajstić information content (AvgIpc) is 3.64. The molecule has 0 N–H and O–H groups in total. The molecule has 0 amide bonds. The number of allylic oxidation sites excluding steroid dienone is 2. The fourth-order valence-corrected chi connectivity index (χ4v) is 11.8. The number of rotatable bonds is 7. The van der Waals surface area contributed by atoms with Crippen LogP contribution in [0.2, 0.25) is 13.1 Å². The summed E-state index contributed by atoms with van der Waals surface area (Å²) in [6, 6.07) is 21.5.